The molecule has 0 radical (unpaired) electrons. The number of hydrogen-bond acceptors (Lipinski definition) is 5. The van der Waals surface area contributed by atoms with E-state index in [4.69, 9.17) is 26.8 Å². The Morgan fingerprint density at radius 1 is 1.06 bits per heavy atom. The summed E-state index contributed by atoms with van der Waals surface area (Å²) in [5.74, 6) is -3.16. The molecule has 0 aromatic rings. The summed E-state index contributed by atoms with van der Waals surface area (Å²) in [7, 11) is 0. The molecule has 0 fully saturated rings. The van der Waals surface area contributed by atoms with Crippen LogP contribution in [0.2, 0.25) is 0 Å². The van der Waals surface area contributed by atoms with Crippen LogP contribution in [-0.2, 0) is 14.4 Å². The second kappa shape index (κ2) is 8.62. The fraction of sp³-hybridized carbons (Fsp3) is 0.625. The first kappa shape index (κ1) is 16.7. The van der Waals surface area contributed by atoms with Crippen molar-refractivity contribution in [1.29, 1.82) is 0 Å². The molecule has 94 valence electrons. The monoisotopic (exact) mass is 236 g/mol. The minimum atomic E-state index is -1.17. The predicted octanol–water partition coefficient (Wildman–Crippen LogP) is -1.32. The van der Waals surface area contributed by atoms with Crippen molar-refractivity contribution in [3.05, 3.63) is 0 Å². The molecule has 0 aliphatic heterocycles. The first-order valence-electron chi connectivity index (χ1n) is 4.37. The molecule has 0 aliphatic rings. The fourth-order valence-electron chi connectivity index (χ4n) is 0.402. The predicted molar refractivity (Wildman–Crippen MR) is 53.8 cm³/mol. The lowest BCUT2D eigenvalue weighted by Crippen LogP contribution is -2.30. The van der Waals surface area contributed by atoms with Crippen molar-refractivity contribution in [2.45, 2.75) is 31.8 Å². The van der Waals surface area contributed by atoms with Crippen molar-refractivity contribution >= 4 is 17.9 Å². The topological polar surface area (TPSA) is 164 Å². The maximum absolute atomic E-state index is 9.99. The van der Waals surface area contributed by atoms with Gasteiger partial charge < -0.3 is 26.8 Å². The quantitative estimate of drug-likeness (QED) is 0.392. The highest BCUT2D eigenvalue weighted by molar-refractivity contribution is 5.74. The summed E-state index contributed by atoms with van der Waals surface area (Å²) in [6.45, 7) is 1.42. The highest BCUT2D eigenvalue weighted by atomic mass is 16.4. The number of rotatable bonds is 5. The third-order valence-corrected chi connectivity index (χ3v) is 1.38. The van der Waals surface area contributed by atoms with E-state index in [-0.39, 0.29) is 12.8 Å². The molecular formula is C8H16N2O6. The summed E-state index contributed by atoms with van der Waals surface area (Å²) >= 11 is 0. The minimum absolute atomic E-state index is 0.0231. The van der Waals surface area contributed by atoms with Gasteiger partial charge in [0, 0.05) is 6.42 Å². The zero-order valence-electron chi connectivity index (χ0n) is 8.79. The van der Waals surface area contributed by atoms with E-state index in [9.17, 15) is 14.4 Å². The van der Waals surface area contributed by atoms with Gasteiger partial charge in [-0.2, -0.15) is 0 Å². The van der Waals surface area contributed by atoms with Gasteiger partial charge in [-0.25, -0.2) is 0 Å². The largest absolute Gasteiger partial charge is 0.481 e. The van der Waals surface area contributed by atoms with E-state index in [1.54, 1.807) is 0 Å². The zero-order chi connectivity index (χ0) is 13.3. The Morgan fingerprint density at radius 2 is 1.44 bits per heavy atom. The fourth-order valence-corrected chi connectivity index (χ4v) is 0.402. The molecular weight excluding hydrogens is 220 g/mol. The molecule has 0 amide bonds. The number of carbonyl (C=O) groups is 3. The van der Waals surface area contributed by atoms with Gasteiger partial charge in [0.25, 0.3) is 0 Å². The first-order valence-corrected chi connectivity index (χ1v) is 4.37. The maximum Gasteiger partial charge on any atom is 0.320 e. The minimum Gasteiger partial charge on any atom is -0.481 e. The third-order valence-electron chi connectivity index (χ3n) is 1.38. The van der Waals surface area contributed by atoms with Gasteiger partial charge in [0.05, 0.1) is 0 Å². The van der Waals surface area contributed by atoms with E-state index < -0.39 is 30.0 Å². The second-order valence-corrected chi connectivity index (χ2v) is 3.00. The lowest BCUT2D eigenvalue weighted by molar-refractivity contribution is -0.140. The molecule has 0 rings (SSSR count). The molecule has 0 spiro atoms. The Balaban J connectivity index is 0. The number of carboxylic acids is 3. The maximum atomic E-state index is 9.99. The van der Waals surface area contributed by atoms with Crippen LogP contribution in [-0.4, -0.2) is 45.3 Å². The molecule has 0 saturated carbocycles. The molecule has 16 heavy (non-hydrogen) atoms. The van der Waals surface area contributed by atoms with Crippen LogP contribution in [0.15, 0.2) is 0 Å². The van der Waals surface area contributed by atoms with Gasteiger partial charge >= 0.3 is 17.9 Å². The Labute approximate surface area is 91.8 Å². The SMILES string of the molecule is C[C@@H](N)C(=O)O.N[C@H](CCC(=O)O)C(=O)O. The first-order chi connectivity index (χ1) is 7.18. The standard InChI is InChI=1S/C5H9NO4.C3H7NO2/c6-3(5(9)10)1-2-4(7)8;1-2(4)3(5)6/h3H,1-2,6H2,(H,7,8)(H,9,10);2H,4H2,1H3,(H,5,6)/t3-;2-/m11/s1. The van der Waals surface area contributed by atoms with Crippen molar-refractivity contribution in [2.24, 2.45) is 11.5 Å². The highest BCUT2D eigenvalue weighted by Gasteiger charge is 2.12. The van der Waals surface area contributed by atoms with Crippen molar-refractivity contribution in [1.82, 2.24) is 0 Å². The summed E-state index contributed by atoms with van der Waals surface area (Å²) in [4.78, 5) is 29.4. The highest BCUT2D eigenvalue weighted by Crippen LogP contribution is 1.93. The van der Waals surface area contributed by atoms with E-state index in [0.717, 1.165) is 0 Å². The van der Waals surface area contributed by atoms with Crippen LogP contribution in [0.3, 0.4) is 0 Å². The molecule has 0 heterocycles. The van der Waals surface area contributed by atoms with Gasteiger partial charge in [-0.3, -0.25) is 14.4 Å². The Bertz CT molecular complexity index is 253. The van der Waals surface area contributed by atoms with Crippen molar-refractivity contribution in [2.75, 3.05) is 0 Å². The average Bonchev–Trinajstić information content (AvgIpc) is 2.14. The summed E-state index contributed by atoms with van der Waals surface area (Å²) < 4.78 is 0. The van der Waals surface area contributed by atoms with E-state index >= 15 is 0 Å². The van der Waals surface area contributed by atoms with Crippen LogP contribution < -0.4 is 11.5 Å². The van der Waals surface area contributed by atoms with Crippen molar-refractivity contribution in [3.63, 3.8) is 0 Å². The van der Waals surface area contributed by atoms with Crippen molar-refractivity contribution in [3.8, 4) is 0 Å². The Hall–Kier alpha value is -1.67. The zero-order valence-corrected chi connectivity index (χ0v) is 8.79. The summed E-state index contributed by atoms with van der Waals surface area (Å²) in [6, 6.07) is -1.79. The number of nitrogens with two attached hydrogens (primary N) is 2. The van der Waals surface area contributed by atoms with Crippen LogP contribution in [0.1, 0.15) is 19.8 Å². The van der Waals surface area contributed by atoms with Gasteiger partial charge in [-0.05, 0) is 13.3 Å². The van der Waals surface area contributed by atoms with Crippen LogP contribution >= 0.6 is 0 Å². The summed E-state index contributed by atoms with van der Waals surface area (Å²) in [6.07, 6.45) is -0.224. The average molecular weight is 236 g/mol. The van der Waals surface area contributed by atoms with E-state index in [1.807, 2.05) is 0 Å². The molecule has 7 N–H and O–H groups in total. The van der Waals surface area contributed by atoms with Crippen LogP contribution in [0.5, 0.6) is 0 Å². The van der Waals surface area contributed by atoms with E-state index in [2.05, 4.69) is 0 Å². The second-order valence-electron chi connectivity index (χ2n) is 3.00. The van der Waals surface area contributed by atoms with E-state index in [1.165, 1.54) is 6.92 Å². The summed E-state index contributed by atoms with van der Waals surface area (Å²) in [5, 5.41) is 24.1. The van der Waals surface area contributed by atoms with Gasteiger partial charge in [-0.15, -0.1) is 0 Å². The number of aliphatic carboxylic acids is 3. The molecule has 0 aromatic heterocycles. The molecule has 0 saturated heterocycles. The molecule has 8 heteroatoms. The molecule has 0 aromatic carbocycles. The van der Waals surface area contributed by atoms with Crippen LogP contribution in [0.4, 0.5) is 0 Å². The van der Waals surface area contributed by atoms with Gasteiger partial charge in [-0.1, -0.05) is 0 Å². The Kier molecular flexibility index (Phi) is 9.03. The van der Waals surface area contributed by atoms with Crippen LogP contribution in [0.25, 0.3) is 0 Å². The third kappa shape index (κ3) is 12.3. The molecule has 0 bridgehead atoms. The normalized spacial score (nSPS) is 12.9. The van der Waals surface area contributed by atoms with Gasteiger partial charge in [0.2, 0.25) is 0 Å². The summed E-state index contributed by atoms with van der Waals surface area (Å²) in [5.41, 5.74) is 9.84. The lowest BCUT2D eigenvalue weighted by atomic mass is 10.2. The number of carboxylic acid groups (broad SMARTS) is 3. The molecule has 2 atom stereocenters. The van der Waals surface area contributed by atoms with Gasteiger partial charge in [0.15, 0.2) is 0 Å². The molecule has 0 aliphatic carbocycles. The van der Waals surface area contributed by atoms with E-state index in [0.29, 0.717) is 0 Å². The lowest BCUT2D eigenvalue weighted by Gasteiger charge is -2.01. The molecule has 8 nitrogen and oxygen atoms in total. The Morgan fingerprint density at radius 3 is 1.62 bits per heavy atom. The molecule has 0 unspecified atom stereocenters. The smallest absolute Gasteiger partial charge is 0.320 e. The van der Waals surface area contributed by atoms with Gasteiger partial charge in [0.1, 0.15) is 12.1 Å². The van der Waals surface area contributed by atoms with Crippen LogP contribution in [0, 0.1) is 0 Å². The van der Waals surface area contributed by atoms with Crippen molar-refractivity contribution < 1.29 is 29.7 Å². The number of hydrogen-bond donors (Lipinski definition) is 5.